The second kappa shape index (κ2) is 10.2. The summed E-state index contributed by atoms with van der Waals surface area (Å²) in [6.07, 6.45) is 2.94. The van der Waals surface area contributed by atoms with Gasteiger partial charge in [0.15, 0.2) is 0 Å². The molecule has 158 valence electrons. The molecule has 1 aromatic carbocycles. The number of carbonyl (C=O) groups excluding carboxylic acids is 2. The van der Waals surface area contributed by atoms with Crippen molar-refractivity contribution in [2.45, 2.75) is 58.8 Å². The van der Waals surface area contributed by atoms with E-state index >= 15 is 0 Å². The molecule has 6 nitrogen and oxygen atoms in total. The summed E-state index contributed by atoms with van der Waals surface area (Å²) >= 11 is 0. The minimum absolute atomic E-state index is 0.0119. The van der Waals surface area contributed by atoms with Crippen LogP contribution in [0.4, 0.5) is 5.82 Å². The smallest absolute Gasteiger partial charge is 0.245 e. The Morgan fingerprint density at radius 2 is 1.86 bits per heavy atom. The molecule has 0 fully saturated rings. The zero-order chi connectivity index (χ0) is 21.4. The molecule has 1 aromatic heterocycles. The maximum absolute atomic E-state index is 12.7. The zero-order valence-corrected chi connectivity index (χ0v) is 18.4. The van der Waals surface area contributed by atoms with E-state index < -0.39 is 0 Å². The zero-order valence-electron chi connectivity index (χ0n) is 18.4. The number of hydrogen-bond donors (Lipinski definition) is 1. The Kier molecular flexibility index (Phi) is 8.00. The molecular weight excluding hydrogens is 364 g/mol. The van der Waals surface area contributed by atoms with Crippen molar-refractivity contribution >= 4 is 17.6 Å². The summed E-state index contributed by atoms with van der Waals surface area (Å²) in [4.78, 5) is 27.0. The van der Waals surface area contributed by atoms with E-state index in [2.05, 4.69) is 38.1 Å². The van der Waals surface area contributed by atoms with Gasteiger partial charge in [0.05, 0.1) is 12.2 Å². The van der Waals surface area contributed by atoms with Gasteiger partial charge in [0.1, 0.15) is 5.82 Å². The first-order valence-corrected chi connectivity index (χ1v) is 10.4. The van der Waals surface area contributed by atoms with Crippen molar-refractivity contribution in [1.29, 1.82) is 0 Å². The van der Waals surface area contributed by atoms with Gasteiger partial charge in [-0.05, 0) is 18.4 Å². The molecule has 2 aromatic rings. The highest BCUT2D eigenvalue weighted by molar-refractivity contribution is 5.94. The molecular formula is C23H34N4O2. The molecule has 2 amide bonds. The maximum Gasteiger partial charge on any atom is 0.245 e. The highest BCUT2D eigenvalue weighted by Crippen LogP contribution is 2.23. The Hall–Kier alpha value is -2.63. The molecule has 0 saturated carbocycles. The van der Waals surface area contributed by atoms with Crippen LogP contribution in [0.5, 0.6) is 0 Å². The van der Waals surface area contributed by atoms with Crippen LogP contribution >= 0.6 is 0 Å². The van der Waals surface area contributed by atoms with E-state index in [1.807, 2.05) is 43.4 Å². The molecule has 0 radical (unpaired) electrons. The number of nitrogens with zero attached hydrogens (tertiary/aromatic N) is 3. The molecule has 29 heavy (non-hydrogen) atoms. The molecule has 0 saturated heterocycles. The Labute approximate surface area is 174 Å². The van der Waals surface area contributed by atoms with E-state index in [4.69, 9.17) is 0 Å². The van der Waals surface area contributed by atoms with Gasteiger partial charge in [-0.3, -0.25) is 14.3 Å². The Morgan fingerprint density at radius 1 is 1.17 bits per heavy atom. The van der Waals surface area contributed by atoms with Crippen molar-refractivity contribution in [2.24, 2.45) is 7.05 Å². The van der Waals surface area contributed by atoms with Gasteiger partial charge in [-0.1, -0.05) is 64.4 Å². The van der Waals surface area contributed by atoms with Crippen LogP contribution in [0.25, 0.3) is 0 Å². The van der Waals surface area contributed by atoms with Crippen LogP contribution in [0, 0.1) is 0 Å². The van der Waals surface area contributed by atoms with Gasteiger partial charge in [0, 0.05) is 31.5 Å². The minimum atomic E-state index is -0.197. The Morgan fingerprint density at radius 3 is 2.45 bits per heavy atom. The van der Waals surface area contributed by atoms with Crippen LogP contribution in [0.1, 0.15) is 58.2 Å². The van der Waals surface area contributed by atoms with Crippen LogP contribution in [-0.2, 0) is 28.5 Å². The van der Waals surface area contributed by atoms with E-state index in [1.54, 1.807) is 9.58 Å². The fraction of sp³-hybridized carbons (Fsp3) is 0.522. The van der Waals surface area contributed by atoms with Crippen molar-refractivity contribution in [3.05, 3.63) is 47.7 Å². The van der Waals surface area contributed by atoms with E-state index in [9.17, 15) is 9.59 Å². The third-order valence-corrected chi connectivity index (χ3v) is 4.85. The van der Waals surface area contributed by atoms with Crippen molar-refractivity contribution in [1.82, 2.24) is 14.7 Å². The van der Waals surface area contributed by atoms with Crippen LogP contribution < -0.4 is 5.32 Å². The molecule has 0 spiro atoms. The van der Waals surface area contributed by atoms with Crippen molar-refractivity contribution in [3.8, 4) is 0 Å². The second-order valence-corrected chi connectivity index (χ2v) is 8.49. The summed E-state index contributed by atoms with van der Waals surface area (Å²) in [6, 6.07) is 11.8. The van der Waals surface area contributed by atoms with Crippen LogP contribution in [0.15, 0.2) is 36.4 Å². The summed E-state index contributed by atoms with van der Waals surface area (Å²) < 4.78 is 1.67. The van der Waals surface area contributed by atoms with Gasteiger partial charge < -0.3 is 10.2 Å². The van der Waals surface area contributed by atoms with E-state index in [0.29, 0.717) is 25.2 Å². The van der Waals surface area contributed by atoms with Gasteiger partial charge in [-0.2, -0.15) is 5.10 Å². The first kappa shape index (κ1) is 22.7. The standard InChI is InChI=1S/C23H34N4O2/c1-6-7-15-27(22(29)14-13-18-11-9-8-10-12-18)17-21(28)24-20-16-19(23(2,3)4)25-26(20)5/h8-12,16H,6-7,13-15,17H2,1-5H3,(H,24,28). The molecule has 0 aliphatic rings. The predicted molar refractivity (Wildman–Crippen MR) is 117 cm³/mol. The lowest BCUT2D eigenvalue weighted by molar-refractivity contribution is -0.134. The maximum atomic E-state index is 12.7. The van der Waals surface area contributed by atoms with E-state index in [0.717, 1.165) is 24.1 Å². The van der Waals surface area contributed by atoms with Crippen LogP contribution in [0.2, 0.25) is 0 Å². The van der Waals surface area contributed by atoms with Gasteiger partial charge in [-0.15, -0.1) is 0 Å². The summed E-state index contributed by atoms with van der Waals surface area (Å²) in [5.41, 5.74) is 1.95. The van der Waals surface area contributed by atoms with Crippen molar-refractivity contribution in [3.63, 3.8) is 0 Å². The van der Waals surface area contributed by atoms with Gasteiger partial charge in [-0.25, -0.2) is 0 Å². The number of nitrogens with one attached hydrogen (secondary N) is 1. The number of aromatic nitrogens is 2. The van der Waals surface area contributed by atoms with E-state index in [-0.39, 0.29) is 23.8 Å². The fourth-order valence-corrected chi connectivity index (χ4v) is 3.00. The summed E-state index contributed by atoms with van der Waals surface area (Å²) in [5.74, 6) is 0.461. The highest BCUT2D eigenvalue weighted by atomic mass is 16.2. The third-order valence-electron chi connectivity index (χ3n) is 4.85. The van der Waals surface area contributed by atoms with Crippen LogP contribution in [-0.4, -0.2) is 39.6 Å². The Balaban J connectivity index is 1.98. The van der Waals surface area contributed by atoms with Crippen molar-refractivity contribution < 1.29 is 9.59 Å². The molecule has 1 N–H and O–H groups in total. The summed E-state index contributed by atoms with van der Waals surface area (Å²) in [7, 11) is 1.81. The van der Waals surface area contributed by atoms with Gasteiger partial charge >= 0.3 is 0 Å². The number of benzene rings is 1. The summed E-state index contributed by atoms with van der Waals surface area (Å²) in [6.45, 7) is 8.98. The molecule has 0 atom stereocenters. The highest BCUT2D eigenvalue weighted by Gasteiger charge is 2.21. The number of amides is 2. The molecule has 0 unspecified atom stereocenters. The third kappa shape index (κ3) is 7.04. The number of carbonyl (C=O) groups is 2. The SMILES string of the molecule is CCCCN(CC(=O)Nc1cc(C(C)(C)C)nn1C)C(=O)CCc1ccccc1. The molecule has 0 aliphatic carbocycles. The normalized spacial score (nSPS) is 11.3. The first-order valence-electron chi connectivity index (χ1n) is 10.4. The topological polar surface area (TPSA) is 67.2 Å². The molecule has 0 bridgehead atoms. The molecule has 6 heteroatoms. The minimum Gasteiger partial charge on any atom is -0.333 e. The lowest BCUT2D eigenvalue weighted by Gasteiger charge is -2.22. The largest absolute Gasteiger partial charge is 0.333 e. The van der Waals surface area contributed by atoms with E-state index in [1.165, 1.54) is 0 Å². The lowest BCUT2D eigenvalue weighted by Crippen LogP contribution is -2.39. The first-order chi connectivity index (χ1) is 13.7. The number of hydrogen-bond acceptors (Lipinski definition) is 3. The average molecular weight is 399 g/mol. The van der Waals surface area contributed by atoms with Crippen LogP contribution in [0.3, 0.4) is 0 Å². The monoisotopic (exact) mass is 398 g/mol. The quantitative estimate of drug-likeness (QED) is 0.696. The number of aryl methyl sites for hydroxylation is 2. The predicted octanol–water partition coefficient (Wildman–Crippen LogP) is 3.92. The number of anilines is 1. The Bertz CT molecular complexity index is 806. The van der Waals surface area contributed by atoms with Crippen molar-refractivity contribution in [2.75, 3.05) is 18.4 Å². The molecule has 2 rings (SSSR count). The van der Waals surface area contributed by atoms with Gasteiger partial charge in [0.25, 0.3) is 0 Å². The second-order valence-electron chi connectivity index (χ2n) is 8.49. The van der Waals surface area contributed by atoms with Gasteiger partial charge in [0.2, 0.25) is 11.8 Å². The summed E-state index contributed by atoms with van der Waals surface area (Å²) in [5, 5.41) is 7.39. The molecule has 1 heterocycles. The fourth-order valence-electron chi connectivity index (χ4n) is 3.00. The number of unbranched alkanes of at least 4 members (excludes halogenated alkanes) is 1. The molecule has 0 aliphatic heterocycles. The number of rotatable bonds is 9. The lowest BCUT2D eigenvalue weighted by atomic mass is 9.92. The average Bonchev–Trinajstić information content (AvgIpc) is 3.04.